The summed E-state index contributed by atoms with van der Waals surface area (Å²) in [6.07, 6.45) is 2.13. The second-order valence-electron chi connectivity index (χ2n) is 8.25. The quantitative estimate of drug-likeness (QED) is 0.371. The largest absolute Gasteiger partial charge is 0.478 e. The molecule has 0 bridgehead atoms. The van der Waals surface area contributed by atoms with Gasteiger partial charge in [-0.2, -0.15) is 0 Å². The van der Waals surface area contributed by atoms with Gasteiger partial charge in [0.25, 0.3) is 0 Å². The first-order valence-corrected chi connectivity index (χ1v) is 11.3. The molecule has 6 nitrogen and oxygen atoms in total. The Morgan fingerprint density at radius 3 is 2.73 bits per heavy atom. The summed E-state index contributed by atoms with van der Waals surface area (Å²) in [6.45, 7) is 0.450. The van der Waals surface area contributed by atoms with Crippen molar-refractivity contribution in [2.75, 3.05) is 18.9 Å². The maximum atomic E-state index is 11.4. The molecule has 0 saturated heterocycles. The Morgan fingerprint density at radius 1 is 1.12 bits per heavy atom. The van der Waals surface area contributed by atoms with E-state index in [0.29, 0.717) is 28.8 Å². The van der Waals surface area contributed by atoms with Crippen molar-refractivity contribution in [1.29, 1.82) is 0 Å². The van der Waals surface area contributed by atoms with E-state index >= 15 is 0 Å². The fourth-order valence-electron chi connectivity index (χ4n) is 4.14. The van der Waals surface area contributed by atoms with Gasteiger partial charge in [-0.05, 0) is 72.4 Å². The molecule has 4 N–H and O–H groups in total. The zero-order chi connectivity index (χ0) is 23.4. The van der Waals surface area contributed by atoms with Crippen LogP contribution >= 0.6 is 11.6 Å². The van der Waals surface area contributed by atoms with Crippen LogP contribution in [0.2, 0.25) is 5.02 Å². The molecular formula is C26H27ClN2O4. The number of carboxylic acids is 1. The van der Waals surface area contributed by atoms with E-state index in [9.17, 15) is 15.0 Å². The van der Waals surface area contributed by atoms with E-state index in [-0.39, 0.29) is 11.6 Å². The van der Waals surface area contributed by atoms with E-state index in [0.717, 1.165) is 24.8 Å². The Balaban J connectivity index is 1.42. The van der Waals surface area contributed by atoms with Crippen molar-refractivity contribution in [3.05, 3.63) is 87.9 Å². The van der Waals surface area contributed by atoms with Gasteiger partial charge in [0.2, 0.25) is 0 Å². The molecule has 4 rings (SSSR count). The summed E-state index contributed by atoms with van der Waals surface area (Å²) in [5, 5.41) is 26.9. The number of anilines is 1. The Hall–Kier alpha value is -3.06. The molecule has 2 atom stereocenters. The Labute approximate surface area is 198 Å². The van der Waals surface area contributed by atoms with Crippen LogP contribution in [-0.2, 0) is 12.8 Å². The van der Waals surface area contributed by atoms with Crippen LogP contribution in [0.25, 0.3) is 0 Å². The van der Waals surface area contributed by atoms with Gasteiger partial charge in [0, 0.05) is 36.4 Å². The fraction of sp³-hybridized carbons (Fsp3) is 0.269. The van der Waals surface area contributed by atoms with Gasteiger partial charge < -0.3 is 25.6 Å². The van der Waals surface area contributed by atoms with Crippen LogP contribution in [0, 0.1) is 0 Å². The van der Waals surface area contributed by atoms with Gasteiger partial charge in [0.05, 0.1) is 11.7 Å². The first-order chi connectivity index (χ1) is 15.9. The van der Waals surface area contributed by atoms with Crippen LogP contribution < -0.4 is 15.4 Å². The molecule has 0 spiro atoms. The number of carboxylic acid groups (broad SMARTS) is 1. The van der Waals surface area contributed by atoms with Crippen molar-refractivity contribution >= 4 is 23.3 Å². The minimum Gasteiger partial charge on any atom is -0.478 e. The second-order valence-corrected chi connectivity index (χ2v) is 8.69. The third kappa shape index (κ3) is 5.85. The summed E-state index contributed by atoms with van der Waals surface area (Å²) in [4.78, 5) is 11.4. The molecular weight excluding hydrogens is 440 g/mol. The number of aromatic carboxylic acids is 1. The van der Waals surface area contributed by atoms with Gasteiger partial charge in [-0.25, -0.2) is 4.79 Å². The van der Waals surface area contributed by atoms with Crippen LogP contribution in [0.5, 0.6) is 11.5 Å². The van der Waals surface area contributed by atoms with Crippen molar-refractivity contribution in [1.82, 2.24) is 5.32 Å². The van der Waals surface area contributed by atoms with Gasteiger partial charge in [0.15, 0.2) is 0 Å². The molecule has 33 heavy (non-hydrogen) atoms. The van der Waals surface area contributed by atoms with E-state index in [1.807, 2.05) is 24.3 Å². The molecule has 0 unspecified atom stereocenters. The first-order valence-electron chi connectivity index (χ1n) is 10.9. The average molecular weight is 467 g/mol. The minimum atomic E-state index is -1.00. The van der Waals surface area contributed by atoms with Crippen LogP contribution in [0.1, 0.15) is 39.6 Å². The molecule has 0 amide bonds. The predicted octanol–water partition coefficient (Wildman–Crippen LogP) is 5.05. The third-order valence-corrected chi connectivity index (χ3v) is 6.15. The summed E-state index contributed by atoms with van der Waals surface area (Å²) in [5.41, 5.74) is 4.11. The van der Waals surface area contributed by atoms with Crippen molar-refractivity contribution < 1.29 is 19.7 Å². The molecule has 172 valence electrons. The van der Waals surface area contributed by atoms with Crippen molar-refractivity contribution in [2.24, 2.45) is 0 Å². The molecule has 0 heterocycles. The molecule has 3 aromatic carbocycles. The number of hydrogen-bond donors (Lipinski definition) is 4. The fourth-order valence-corrected chi connectivity index (χ4v) is 4.34. The smallest absolute Gasteiger partial charge is 0.335 e. The van der Waals surface area contributed by atoms with E-state index in [1.165, 1.54) is 17.2 Å². The highest BCUT2D eigenvalue weighted by Crippen LogP contribution is 2.31. The topological polar surface area (TPSA) is 90.8 Å². The number of aliphatic hydroxyl groups is 1. The third-order valence-electron chi connectivity index (χ3n) is 5.92. The average Bonchev–Trinajstić information content (AvgIpc) is 2.82. The molecule has 1 aliphatic rings. The molecule has 1 aliphatic carbocycles. The minimum absolute atomic E-state index is 0.164. The lowest BCUT2D eigenvalue weighted by Crippen LogP contribution is -2.37. The maximum Gasteiger partial charge on any atom is 0.335 e. The lowest BCUT2D eigenvalue weighted by molar-refractivity contribution is 0.0696. The number of aliphatic hydroxyl groups excluding tert-OH is 1. The Morgan fingerprint density at radius 2 is 1.97 bits per heavy atom. The number of rotatable bonds is 8. The summed E-state index contributed by atoms with van der Waals surface area (Å²) >= 11 is 6.03. The number of aryl methyl sites for hydroxylation is 1. The lowest BCUT2D eigenvalue weighted by atomic mass is 9.88. The number of benzene rings is 3. The zero-order valence-corrected chi connectivity index (χ0v) is 19.1. The van der Waals surface area contributed by atoms with Crippen LogP contribution in [-0.4, -0.2) is 35.8 Å². The molecule has 0 aromatic heterocycles. The molecule has 0 saturated carbocycles. The van der Waals surface area contributed by atoms with Crippen LogP contribution in [0.15, 0.2) is 60.7 Å². The predicted molar refractivity (Wildman–Crippen MR) is 130 cm³/mol. The Bertz CT molecular complexity index is 1150. The second kappa shape index (κ2) is 10.3. The monoisotopic (exact) mass is 466 g/mol. The van der Waals surface area contributed by atoms with E-state index in [2.05, 4.69) is 16.7 Å². The SMILES string of the molecule is CNc1cc(Oc2ccc3c(c2)C[C@@H](NC[C@@H](O)c2cccc(Cl)c2)CC3)cc(C(=O)O)c1. The number of ether oxygens (including phenoxy) is 1. The summed E-state index contributed by atoms with van der Waals surface area (Å²) < 4.78 is 6.00. The van der Waals surface area contributed by atoms with Crippen LogP contribution in [0.4, 0.5) is 5.69 Å². The van der Waals surface area contributed by atoms with Gasteiger partial charge in [0.1, 0.15) is 11.5 Å². The van der Waals surface area contributed by atoms with E-state index < -0.39 is 12.1 Å². The van der Waals surface area contributed by atoms with Crippen LogP contribution in [0.3, 0.4) is 0 Å². The normalized spacial score (nSPS) is 16.0. The van der Waals surface area contributed by atoms with Crippen molar-refractivity contribution in [3.8, 4) is 11.5 Å². The van der Waals surface area contributed by atoms with Crippen molar-refractivity contribution in [3.63, 3.8) is 0 Å². The number of carbonyl (C=O) groups is 1. The number of nitrogens with one attached hydrogen (secondary N) is 2. The highest BCUT2D eigenvalue weighted by Gasteiger charge is 2.20. The van der Waals surface area contributed by atoms with E-state index in [1.54, 1.807) is 31.3 Å². The highest BCUT2D eigenvalue weighted by atomic mass is 35.5. The molecule has 0 radical (unpaired) electrons. The van der Waals surface area contributed by atoms with E-state index in [4.69, 9.17) is 16.3 Å². The molecule has 7 heteroatoms. The number of hydrogen-bond acceptors (Lipinski definition) is 5. The van der Waals surface area contributed by atoms with Gasteiger partial charge in [-0.1, -0.05) is 29.8 Å². The van der Waals surface area contributed by atoms with Gasteiger partial charge >= 0.3 is 5.97 Å². The van der Waals surface area contributed by atoms with Gasteiger partial charge in [-0.15, -0.1) is 0 Å². The standard InChI is InChI=1S/C26H27ClN2O4/c1-28-22-11-19(26(31)32)13-24(14-22)33-23-8-6-16-5-7-21(10-18(16)12-23)29-15-25(30)17-3-2-4-20(27)9-17/h2-4,6,8-9,11-14,21,25,28-30H,5,7,10,15H2,1H3,(H,31,32)/t21-,25+/m0/s1. The summed E-state index contributed by atoms with van der Waals surface area (Å²) in [6, 6.07) is 18.4. The molecule has 3 aromatic rings. The van der Waals surface area contributed by atoms with Gasteiger partial charge in [-0.3, -0.25) is 0 Å². The molecule has 0 fully saturated rings. The highest BCUT2D eigenvalue weighted by molar-refractivity contribution is 6.30. The van der Waals surface area contributed by atoms with Crippen molar-refractivity contribution in [2.45, 2.75) is 31.4 Å². The lowest BCUT2D eigenvalue weighted by Gasteiger charge is -2.27. The summed E-state index contributed by atoms with van der Waals surface area (Å²) in [7, 11) is 1.74. The number of fused-ring (bicyclic) bond motifs is 1. The molecule has 0 aliphatic heterocycles. The zero-order valence-electron chi connectivity index (χ0n) is 18.3. The summed E-state index contributed by atoms with van der Waals surface area (Å²) in [5.74, 6) is 0.128. The first kappa shape index (κ1) is 23.1. The number of halogens is 1. The Kier molecular flexibility index (Phi) is 7.18. The maximum absolute atomic E-state index is 11.4.